The van der Waals surface area contributed by atoms with Crippen molar-refractivity contribution in [2.75, 3.05) is 13.1 Å². The summed E-state index contributed by atoms with van der Waals surface area (Å²) in [7, 11) is -3.70. The van der Waals surface area contributed by atoms with Crippen molar-refractivity contribution in [2.24, 2.45) is 0 Å². The number of nitrogens with zero attached hydrogens (tertiary/aromatic N) is 4. The Kier molecular flexibility index (Phi) is 4.82. The van der Waals surface area contributed by atoms with E-state index in [4.69, 9.17) is 4.52 Å². The lowest BCUT2D eigenvalue weighted by Crippen LogP contribution is -2.46. The minimum Gasteiger partial charge on any atom is -0.360 e. The number of aryl methyl sites for hydroxylation is 2. The molecule has 1 saturated heterocycles. The van der Waals surface area contributed by atoms with Crippen molar-refractivity contribution in [3.05, 3.63) is 35.7 Å². The maximum Gasteiger partial charge on any atom is 0.274 e. The Balaban J connectivity index is 1.62. The SMILES string of the molecule is Cc1noc(C)c1S(=O)(=O)NC1CCN(C(=O)c2cnccn2)CC1. The number of carbonyl (C=O) groups is 1. The van der Waals surface area contributed by atoms with Crippen molar-refractivity contribution in [3.63, 3.8) is 0 Å². The summed E-state index contributed by atoms with van der Waals surface area (Å²) < 4.78 is 32.7. The first-order valence-electron chi connectivity index (χ1n) is 7.89. The third-order valence-corrected chi connectivity index (χ3v) is 5.89. The Labute approximate surface area is 145 Å². The fraction of sp³-hybridized carbons (Fsp3) is 0.467. The molecule has 2 aromatic heterocycles. The van der Waals surface area contributed by atoms with Gasteiger partial charge >= 0.3 is 0 Å². The predicted molar refractivity (Wildman–Crippen MR) is 87.3 cm³/mol. The van der Waals surface area contributed by atoms with E-state index in [0.717, 1.165) is 0 Å². The lowest BCUT2D eigenvalue weighted by atomic mass is 10.1. The van der Waals surface area contributed by atoms with E-state index < -0.39 is 10.0 Å². The molecule has 0 bridgehead atoms. The molecule has 1 amide bonds. The molecule has 10 heteroatoms. The average Bonchev–Trinajstić information content (AvgIpc) is 2.95. The zero-order chi connectivity index (χ0) is 18.0. The molecule has 0 radical (unpaired) electrons. The van der Waals surface area contributed by atoms with Crippen molar-refractivity contribution in [1.29, 1.82) is 0 Å². The zero-order valence-electron chi connectivity index (χ0n) is 14.0. The zero-order valence-corrected chi connectivity index (χ0v) is 14.8. The van der Waals surface area contributed by atoms with Crippen LogP contribution in [0.15, 0.2) is 28.0 Å². The second-order valence-electron chi connectivity index (χ2n) is 5.93. The van der Waals surface area contributed by atoms with E-state index in [1.165, 1.54) is 18.6 Å². The van der Waals surface area contributed by atoms with Gasteiger partial charge in [0.2, 0.25) is 10.0 Å². The Bertz CT molecular complexity index is 838. The van der Waals surface area contributed by atoms with Gasteiger partial charge in [-0.2, -0.15) is 0 Å². The second kappa shape index (κ2) is 6.89. The number of aromatic nitrogens is 3. The quantitative estimate of drug-likeness (QED) is 0.845. The van der Waals surface area contributed by atoms with Gasteiger partial charge in [0.25, 0.3) is 5.91 Å². The number of amides is 1. The molecule has 134 valence electrons. The van der Waals surface area contributed by atoms with Crippen molar-refractivity contribution < 1.29 is 17.7 Å². The lowest BCUT2D eigenvalue weighted by molar-refractivity contribution is 0.0705. The molecule has 1 fully saturated rings. The summed E-state index contributed by atoms with van der Waals surface area (Å²) in [6, 6.07) is -0.246. The fourth-order valence-corrected chi connectivity index (χ4v) is 4.54. The van der Waals surface area contributed by atoms with Crippen LogP contribution in [0.5, 0.6) is 0 Å². The molecule has 2 aromatic rings. The van der Waals surface area contributed by atoms with Crippen LogP contribution in [-0.4, -0.2) is 53.5 Å². The van der Waals surface area contributed by atoms with Gasteiger partial charge in [0.1, 0.15) is 16.3 Å². The van der Waals surface area contributed by atoms with E-state index in [9.17, 15) is 13.2 Å². The van der Waals surface area contributed by atoms with E-state index in [0.29, 0.717) is 31.6 Å². The highest BCUT2D eigenvalue weighted by atomic mass is 32.2. The van der Waals surface area contributed by atoms with Gasteiger partial charge in [-0.05, 0) is 26.7 Å². The van der Waals surface area contributed by atoms with Gasteiger partial charge in [-0.25, -0.2) is 18.1 Å². The van der Waals surface area contributed by atoms with E-state index in [1.807, 2.05) is 0 Å². The summed E-state index contributed by atoms with van der Waals surface area (Å²) in [5.74, 6) is 0.0698. The van der Waals surface area contributed by atoms with Gasteiger partial charge in [0.05, 0.1) is 6.20 Å². The van der Waals surface area contributed by atoms with Crippen LogP contribution in [0.3, 0.4) is 0 Å². The number of nitrogens with one attached hydrogen (secondary N) is 1. The average molecular weight is 365 g/mol. The minimum absolute atomic E-state index is 0.0885. The van der Waals surface area contributed by atoms with Gasteiger partial charge in [-0.3, -0.25) is 9.78 Å². The van der Waals surface area contributed by atoms with Crippen LogP contribution < -0.4 is 4.72 Å². The van der Waals surface area contributed by atoms with Crippen molar-refractivity contribution in [3.8, 4) is 0 Å². The Morgan fingerprint density at radius 1 is 1.28 bits per heavy atom. The number of piperidine rings is 1. The highest BCUT2D eigenvalue weighted by Gasteiger charge is 2.30. The van der Waals surface area contributed by atoms with Gasteiger partial charge in [-0.1, -0.05) is 5.16 Å². The minimum atomic E-state index is -3.70. The van der Waals surface area contributed by atoms with Crippen LogP contribution in [0.2, 0.25) is 0 Å². The molecule has 3 rings (SSSR count). The van der Waals surface area contributed by atoms with Gasteiger partial charge in [-0.15, -0.1) is 0 Å². The molecule has 1 aliphatic rings. The molecule has 25 heavy (non-hydrogen) atoms. The number of sulfonamides is 1. The Hall–Kier alpha value is -2.33. The number of hydrogen-bond acceptors (Lipinski definition) is 7. The molecular weight excluding hydrogens is 346 g/mol. The molecule has 3 heterocycles. The Morgan fingerprint density at radius 2 is 2.00 bits per heavy atom. The number of carbonyl (C=O) groups excluding carboxylic acids is 1. The number of likely N-dealkylation sites (tertiary alicyclic amines) is 1. The van der Waals surface area contributed by atoms with Crippen molar-refractivity contribution in [1.82, 2.24) is 24.7 Å². The molecule has 0 unspecified atom stereocenters. The van der Waals surface area contributed by atoms with Crippen LogP contribution in [0.4, 0.5) is 0 Å². The normalized spacial score (nSPS) is 16.2. The molecular formula is C15H19N5O4S. The smallest absolute Gasteiger partial charge is 0.274 e. The first kappa shape index (κ1) is 17.5. The maximum atomic E-state index is 12.5. The lowest BCUT2D eigenvalue weighted by Gasteiger charge is -2.31. The molecule has 1 N–H and O–H groups in total. The third-order valence-electron chi connectivity index (χ3n) is 4.12. The summed E-state index contributed by atoms with van der Waals surface area (Å²) in [6.45, 7) is 4.05. The van der Waals surface area contributed by atoms with Crippen LogP contribution >= 0.6 is 0 Å². The highest BCUT2D eigenvalue weighted by molar-refractivity contribution is 7.89. The highest BCUT2D eigenvalue weighted by Crippen LogP contribution is 2.21. The van der Waals surface area contributed by atoms with Gasteiger partial charge in [0.15, 0.2) is 5.76 Å². The number of hydrogen-bond donors (Lipinski definition) is 1. The molecule has 0 aromatic carbocycles. The summed E-state index contributed by atoms with van der Waals surface area (Å²) in [4.78, 5) is 22.0. The molecule has 1 aliphatic heterocycles. The Morgan fingerprint density at radius 3 is 2.56 bits per heavy atom. The predicted octanol–water partition coefficient (Wildman–Crippen LogP) is 0.665. The molecule has 9 nitrogen and oxygen atoms in total. The third kappa shape index (κ3) is 3.69. The van der Waals surface area contributed by atoms with Crippen molar-refractivity contribution >= 4 is 15.9 Å². The van der Waals surface area contributed by atoms with Crippen molar-refractivity contribution in [2.45, 2.75) is 37.6 Å². The standard InChI is InChI=1S/C15H19N5O4S/c1-10-14(11(2)24-18-10)25(22,23)19-12-3-7-20(8-4-12)15(21)13-9-16-5-6-17-13/h5-6,9,12,19H,3-4,7-8H2,1-2H3. The molecule has 0 aliphatic carbocycles. The van der Waals surface area contributed by atoms with Gasteiger partial charge < -0.3 is 9.42 Å². The first-order chi connectivity index (χ1) is 11.9. The van der Waals surface area contributed by atoms with Crippen LogP contribution in [-0.2, 0) is 10.0 Å². The van der Waals surface area contributed by atoms with E-state index >= 15 is 0 Å². The van der Waals surface area contributed by atoms with Crippen LogP contribution in [0.1, 0.15) is 34.8 Å². The summed E-state index contributed by atoms with van der Waals surface area (Å²) in [6.07, 6.45) is 5.45. The molecule has 0 saturated carbocycles. The van der Waals surface area contributed by atoms with E-state index in [-0.39, 0.29) is 28.3 Å². The maximum absolute atomic E-state index is 12.5. The number of rotatable bonds is 4. The van der Waals surface area contributed by atoms with E-state index in [2.05, 4.69) is 19.8 Å². The topological polar surface area (TPSA) is 118 Å². The summed E-state index contributed by atoms with van der Waals surface area (Å²) in [5.41, 5.74) is 0.623. The van der Waals surface area contributed by atoms with Gasteiger partial charge in [0, 0.05) is 31.5 Å². The first-order valence-corrected chi connectivity index (χ1v) is 9.37. The van der Waals surface area contributed by atoms with E-state index in [1.54, 1.807) is 18.7 Å². The fourth-order valence-electron chi connectivity index (χ4n) is 2.91. The van der Waals surface area contributed by atoms with Crippen LogP contribution in [0, 0.1) is 13.8 Å². The van der Waals surface area contributed by atoms with Crippen LogP contribution in [0.25, 0.3) is 0 Å². The summed E-state index contributed by atoms with van der Waals surface area (Å²) >= 11 is 0. The monoisotopic (exact) mass is 365 g/mol. The second-order valence-corrected chi connectivity index (χ2v) is 7.58. The molecule has 0 spiro atoms. The summed E-state index contributed by atoms with van der Waals surface area (Å²) in [5, 5.41) is 3.68. The molecule has 0 atom stereocenters. The largest absolute Gasteiger partial charge is 0.360 e.